The summed E-state index contributed by atoms with van der Waals surface area (Å²) >= 11 is 0. The highest BCUT2D eigenvalue weighted by molar-refractivity contribution is 6.06. The molecule has 0 aliphatic carbocycles. The molecule has 1 atom stereocenters. The lowest BCUT2D eigenvalue weighted by Gasteiger charge is -2.40. The van der Waals surface area contributed by atoms with Gasteiger partial charge in [0.25, 0.3) is 5.91 Å². The molecule has 0 radical (unpaired) electrons. The molecule has 1 amide bonds. The van der Waals surface area contributed by atoms with Gasteiger partial charge in [0.2, 0.25) is 0 Å². The fraction of sp³-hybridized carbons (Fsp3) is 0.571. The second kappa shape index (κ2) is 11.7. The van der Waals surface area contributed by atoms with E-state index in [0.29, 0.717) is 54.9 Å². The fourth-order valence-corrected chi connectivity index (χ4v) is 5.87. The number of benzene rings is 1. The molecule has 1 aromatic rings. The maximum Gasteiger partial charge on any atom is 0.414 e. The van der Waals surface area contributed by atoms with Crippen molar-refractivity contribution in [2.24, 2.45) is 4.99 Å². The predicted molar refractivity (Wildman–Crippen MR) is 146 cm³/mol. The van der Waals surface area contributed by atoms with Crippen molar-refractivity contribution in [2.45, 2.75) is 50.5 Å². The highest BCUT2D eigenvalue weighted by Gasteiger charge is 2.46. The number of anilines is 1. The number of nitrogens with zero attached hydrogens (tertiary/aromatic N) is 3. The van der Waals surface area contributed by atoms with E-state index in [-0.39, 0.29) is 12.3 Å². The molecule has 0 aromatic heterocycles. The van der Waals surface area contributed by atoms with Gasteiger partial charge in [0.15, 0.2) is 0 Å². The first kappa shape index (κ1) is 28.3. The fourth-order valence-electron chi connectivity index (χ4n) is 5.87. The molecule has 0 saturated carbocycles. The number of methoxy groups -OCH3 is 1. The second-order valence-corrected chi connectivity index (χ2v) is 10.6. The molecule has 2 saturated heterocycles. The molecule has 1 aromatic carbocycles. The number of nitrogens with one attached hydrogen (secondary N) is 3. The lowest BCUT2D eigenvalue weighted by Crippen LogP contribution is -2.50. The molecule has 2 fully saturated rings. The van der Waals surface area contributed by atoms with Crippen LogP contribution in [0.25, 0.3) is 0 Å². The van der Waals surface area contributed by atoms with Gasteiger partial charge in [-0.25, -0.2) is 4.99 Å². The van der Waals surface area contributed by atoms with E-state index in [9.17, 15) is 18.0 Å². The van der Waals surface area contributed by atoms with Crippen molar-refractivity contribution in [3.63, 3.8) is 0 Å². The lowest BCUT2D eigenvalue weighted by atomic mass is 9.96. The van der Waals surface area contributed by atoms with Gasteiger partial charge in [-0.3, -0.25) is 9.69 Å². The third-order valence-electron chi connectivity index (χ3n) is 7.92. The molecule has 3 N–H and O–H groups in total. The van der Waals surface area contributed by atoms with Crippen LogP contribution in [0.1, 0.15) is 43.0 Å². The van der Waals surface area contributed by atoms with E-state index >= 15 is 0 Å². The Morgan fingerprint density at radius 3 is 2.60 bits per heavy atom. The molecule has 4 aliphatic heterocycles. The predicted octanol–water partition coefficient (Wildman–Crippen LogP) is 3.48. The van der Waals surface area contributed by atoms with Gasteiger partial charge in [-0.2, -0.15) is 13.2 Å². The van der Waals surface area contributed by atoms with E-state index in [1.54, 1.807) is 24.3 Å². The van der Waals surface area contributed by atoms with Crippen molar-refractivity contribution in [3.8, 4) is 5.75 Å². The summed E-state index contributed by atoms with van der Waals surface area (Å²) in [4.78, 5) is 22.3. The van der Waals surface area contributed by atoms with E-state index in [2.05, 4.69) is 25.8 Å². The summed E-state index contributed by atoms with van der Waals surface area (Å²) in [6, 6.07) is 5.67. The lowest BCUT2D eigenvalue weighted by molar-refractivity contribution is -0.0941. The number of likely N-dealkylation sites (tertiary alicyclic amines) is 1. The van der Waals surface area contributed by atoms with Gasteiger partial charge in [0.1, 0.15) is 17.2 Å². The summed E-state index contributed by atoms with van der Waals surface area (Å²) in [5, 5.41) is 9.29. The molecular formula is C28H37F3N6O3. The van der Waals surface area contributed by atoms with Gasteiger partial charge in [-0.05, 0) is 44.0 Å². The van der Waals surface area contributed by atoms with Gasteiger partial charge < -0.3 is 30.3 Å². The standard InChI is InChI=1S/C28H37F3N6O3/c1-3-32-21-15-25(35-27(17-21)16-20(18-33-27)28(29,30)31)34-23-5-4-19(14-24(23)39-2)26(38)37-8-6-22(7-9-37)36-10-12-40-13-11-36/h4-5,14-15,18,22,32-33H,3,6-13,16-17H2,1-2H3,(H,34,35)/t27-/m0/s1. The van der Waals surface area contributed by atoms with Crippen molar-refractivity contribution in [3.05, 3.63) is 47.3 Å². The molecule has 0 unspecified atom stereocenters. The zero-order chi connectivity index (χ0) is 28.3. The number of carbonyl (C=O) groups is 1. The van der Waals surface area contributed by atoms with Gasteiger partial charge in [0.05, 0.1) is 31.6 Å². The molecule has 1 spiro atoms. The van der Waals surface area contributed by atoms with Crippen LogP contribution >= 0.6 is 0 Å². The van der Waals surface area contributed by atoms with Crippen LogP contribution in [0, 0.1) is 0 Å². The maximum absolute atomic E-state index is 13.4. The van der Waals surface area contributed by atoms with Crippen LogP contribution in [0.5, 0.6) is 5.75 Å². The van der Waals surface area contributed by atoms with Crippen LogP contribution in [0.3, 0.4) is 0 Å². The first-order valence-corrected chi connectivity index (χ1v) is 13.8. The average Bonchev–Trinajstić information content (AvgIpc) is 3.36. The zero-order valence-electron chi connectivity index (χ0n) is 22.9. The topological polar surface area (TPSA) is 90.5 Å². The quantitative estimate of drug-likeness (QED) is 0.489. The molecule has 0 bridgehead atoms. The summed E-state index contributed by atoms with van der Waals surface area (Å²) < 4.78 is 51.2. The molecule has 218 valence electrons. The summed E-state index contributed by atoms with van der Waals surface area (Å²) in [7, 11) is 1.52. The minimum Gasteiger partial charge on any atom is -0.495 e. The first-order valence-electron chi connectivity index (χ1n) is 13.8. The third-order valence-corrected chi connectivity index (χ3v) is 7.92. The average molecular weight is 563 g/mol. The zero-order valence-corrected chi connectivity index (χ0v) is 22.9. The van der Waals surface area contributed by atoms with Crippen LogP contribution in [-0.4, -0.2) is 92.5 Å². The molecule has 9 nitrogen and oxygen atoms in total. The number of piperidine rings is 1. The Bertz CT molecular complexity index is 1190. The van der Waals surface area contributed by atoms with Crippen LogP contribution in [0.15, 0.2) is 46.7 Å². The Balaban J connectivity index is 1.28. The maximum atomic E-state index is 13.4. The highest BCUT2D eigenvalue weighted by Crippen LogP contribution is 2.40. The summed E-state index contributed by atoms with van der Waals surface area (Å²) in [5.74, 6) is 0.798. The van der Waals surface area contributed by atoms with Crippen LogP contribution < -0.4 is 20.7 Å². The Labute approximate surface area is 232 Å². The van der Waals surface area contributed by atoms with Crippen molar-refractivity contribution in [2.75, 3.05) is 58.4 Å². The van der Waals surface area contributed by atoms with Crippen molar-refractivity contribution in [1.82, 2.24) is 20.4 Å². The number of dihydropyridines is 1. The number of ether oxygens (including phenoxy) is 2. The smallest absolute Gasteiger partial charge is 0.414 e. The van der Waals surface area contributed by atoms with E-state index in [0.717, 1.165) is 51.0 Å². The van der Waals surface area contributed by atoms with Gasteiger partial charge >= 0.3 is 6.18 Å². The molecule has 4 heterocycles. The van der Waals surface area contributed by atoms with Crippen LogP contribution in [-0.2, 0) is 4.74 Å². The number of halogens is 3. The van der Waals surface area contributed by atoms with E-state index < -0.39 is 17.4 Å². The second-order valence-electron chi connectivity index (χ2n) is 10.6. The van der Waals surface area contributed by atoms with Crippen LogP contribution in [0.2, 0.25) is 0 Å². The normalized spacial score (nSPS) is 24.2. The molecule has 12 heteroatoms. The van der Waals surface area contributed by atoms with E-state index in [1.807, 2.05) is 11.8 Å². The van der Waals surface area contributed by atoms with E-state index in [1.165, 1.54) is 7.11 Å². The minimum absolute atomic E-state index is 0.0468. The van der Waals surface area contributed by atoms with Crippen LogP contribution in [0.4, 0.5) is 18.9 Å². The molecule has 4 aliphatic rings. The number of carbonyl (C=O) groups excluding carboxylic acids is 1. The number of hydrogen-bond donors (Lipinski definition) is 3. The summed E-state index contributed by atoms with van der Waals surface area (Å²) in [5.41, 5.74) is 0.0959. The number of morpholine rings is 1. The van der Waals surface area contributed by atoms with Gasteiger partial charge in [-0.1, -0.05) is 0 Å². The van der Waals surface area contributed by atoms with E-state index in [4.69, 9.17) is 9.47 Å². The Kier molecular flexibility index (Phi) is 8.27. The van der Waals surface area contributed by atoms with Crippen molar-refractivity contribution >= 4 is 17.4 Å². The number of alkyl halides is 3. The number of amidine groups is 1. The largest absolute Gasteiger partial charge is 0.495 e. The third kappa shape index (κ3) is 6.22. The molecule has 5 rings (SSSR count). The van der Waals surface area contributed by atoms with Crippen molar-refractivity contribution < 1.29 is 27.4 Å². The Morgan fingerprint density at radius 1 is 1.20 bits per heavy atom. The molecule has 40 heavy (non-hydrogen) atoms. The Hall–Kier alpha value is -3.25. The number of aliphatic imine (C=N–C) groups is 1. The van der Waals surface area contributed by atoms with Crippen molar-refractivity contribution in [1.29, 1.82) is 0 Å². The summed E-state index contributed by atoms with van der Waals surface area (Å²) in [6.07, 6.45) is 0.293. The minimum atomic E-state index is -4.41. The SMILES string of the molecule is CCNC1=CC(Nc2ccc(C(=O)N3CCC(N4CCOCC4)CC3)cc2OC)=N[C@]2(C1)CC(C(F)(F)F)=CN2. The first-order chi connectivity index (χ1) is 19.2. The Morgan fingerprint density at radius 2 is 1.95 bits per heavy atom. The van der Waals surface area contributed by atoms with Gasteiger partial charge in [-0.15, -0.1) is 0 Å². The number of amides is 1. The highest BCUT2D eigenvalue weighted by atomic mass is 19.4. The monoisotopic (exact) mass is 562 g/mol. The number of rotatable bonds is 6. The summed E-state index contributed by atoms with van der Waals surface area (Å²) in [6.45, 7) is 7.36. The number of hydrogen-bond acceptors (Lipinski definition) is 8. The molecular weight excluding hydrogens is 525 g/mol. The van der Waals surface area contributed by atoms with Gasteiger partial charge in [0, 0.05) is 69.1 Å².